The highest BCUT2D eigenvalue weighted by molar-refractivity contribution is 6.10. The molecule has 0 saturated heterocycles. The van der Waals surface area contributed by atoms with Gasteiger partial charge in [0.1, 0.15) is 11.4 Å². The predicted octanol–water partition coefficient (Wildman–Crippen LogP) is 2.37. The lowest BCUT2D eigenvalue weighted by Gasteiger charge is -1.98. The summed E-state index contributed by atoms with van der Waals surface area (Å²) in [5, 5.41) is 5.13. The van der Waals surface area contributed by atoms with Crippen molar-refractivity contribution in [3.8, 4) is 0 Å². The van der Waals surface area contributed by atoms with Gasteiger partial charge in [-0.3, -0.25) is 0 Å². The summed E-state index contributed by atoms with van der Waals surface area (Å²) in [6, 6.07) is 9.50. The number of rotatable bonds is 2. The third-order valence-corrected chi connectivity index (χ3v) is 2.93. The highest BCUT2D eigenvalue weighted by Crippen LogP contribution is 2.25. The molecule has 5 heteroatoms. The number of aromatic nitrogens is 3. The molecule has 0 atom stereocenters. The molecule has 0 aliphatic rings. The summed E-state index contributed by atoms with van der Waals surface area (Å²) >= 11 is 0. The molecule has 0 radical (unpaired) electrons. The first kappa shape index (κ1) is 11.6. The Labute approximate surface area is 109 Å². The Morgan fingerprint density at radius 3 is 2.89 bits per heavy atom. The molecule has 3 aromatic rings. The topological polar surface area (TPSA) is 56.5 Å². The molecule has 96 valence electrons. The molecule has 0 saturated carbocycles. The number of hydrogen-bond donors (Lipinski definition) is 0. The smallest absolute Gasteiger partial charge is 0.342 e. The molecular formula is C14H13N3O2. The van der Waals surface area contributed by atoms with Crippen LogP contribution in [-0.2, 0) is 4.74 Å². The fraction of sp³-hybridized carbons (Fsp3) is 0.214. The number of fused-ring (bicyclic) bond motifs is 3. The lowest BCUT2D eigenvalue weighted by molar-refractivity contribution is 0.0530. The van der Waals surface area contributed by atoms with E-state index in [0.717, 1.165) is 10.9 Å². The van der Waals surface area contributed by atoms with Gasteiger partial charge in [0.05, 0.1) is 12.1 Å². The van der Waals surface area contributed by atoms with Crippen molar-refractivity contribution in [3.05, 3.63) is 41.7 Å². The van der Waals surface area contributed by atoms with E-state index in [1.54, 1.807) is 18.4 Å². The van der Waals surface area contributed by atoms with E-state index in [0.29, 0.717) is 23.6 Å². The van der Waals surface area contributed by atoms with Crippen molar-refractivity contribution in [1.82, 2.24) is 14.6 Å². The van der Waals surface area contributed by atoms with Crippen LogP contribution in [0.2, 0.25) is 0 Å². The highest BCUT2D eigenvalue weighted by atomic mass is 16.5. The van der Waals surface area contributed by atoms with E-state index in [-0.39, 0.29) is 5.97 Å². The zero-order valence-corrected chi connectivity index (χ0v) is 10.8. The van der Waals surface area contributed by atoms with E-state index in [1.807, 2.05) is 30.3 Å². The van der Waals surface area contributed by atoms with Gasteiger partial charge in [0, 0.05) is 5.39 Å². The zero-order valence-electron chi connectivity index (χ0n) is 10.8. The van der Waals surface area contributed by atoms with Gasteiger partial charge in [-0.15, -0.1) is 0 Å². The fourth-order valence-electron chi connectivity index (χ4n) is 2.20. The van der Waals surface area contributed by atoms with Crippen LogP contribution in [0, 0.1) is 6.92 Å². The lowest BCUT2D eigenvalue weighted by atomic mass is 10.2. The third kappa shape index (κ3) is 1.74. The molecule has 3 rings (SSSR count). The first-order valence-electron chi connectivity index (χ1n) is 6.13. The van der Waals surface area contributed by atoms with Gasteiger partial charge in [0.2, 0.25) is 0 Å². The maximum atomic E-state index is 12.1. The Hall–Kier alpha value is -2.43. The first-order chi connectivity index (χ1) is 9.22. The van der Waals surface area contributed by atoms with E-state index < -0.39 is 0 Å². The maximum Gasteiger partial charge on any atom is 0.342 e. The standard InChI is InChI=1S/C14H13N3O2/c1-3-19-14(18)12-10-7-5-4-6-8-11(10)17-13(12)15-9(2)16-17/h4-8H,3H2,1-2H3. The van der Waals surface area contributed by atoms with Gasteiger partial charge in [-0.1, -0.05) is 24.3 Å². The quantitative estimate of drug-likeness (QED) is 0.660. The third-order valence-electron chi connectivity index (χ3n) is 2.93. The Balaban J connectivity index is 2.43. The Bertz CT molecular complexity index is 777. The van der Waals surface area contributed by atoms with Crippen LogP contribution in [0.1, 0.15) is 23.1 Å². The molecule has 0 unspecified atom stereocenters. The van der Waals surface area contributed by atoms with Crippen LogP contribution in [0.25, 0.3) is 16.6 Å². The average Bonchev–Trinajstić information content (AvgIpc) is 2.75. The molecule has 1 aromatic carbocycles. The lowest BCUT2D eigenvalue weighted by Crippen LogP contribution is -2.04. The van der Waals surface area contributed by atoms with E-state index >= 15 is 0 Å². The average molecular weight is 255 g/mol. The van der Waals surface area contributed by atoms with Crippen LogP contribution < -0.4 is 0 Å². The van der Waals surface area contributed by atoms with E-state index in [2.05, 4.69) is 10.1 Å². The summed E-state index contributed by atoms with van der Waals surface area (Å²) in [4.78, 5) is 16.5. The van der Waals surface area contributed by atoms with Crippen molar-refractivity contribution in [3.63, 3.8) is 0 Å². The maximum absolute atomic E-state index is 12.1. The predicted molar refractivity (Wildman–Crippen MR) is 71.2 cm³/mol. The van der Waals surface area contributed by atoms with Crippen LogP contribution in [0.5, 0.6) is 0 Å². The van der Waals surface area contributed by atoms with Crippen molar-refractivity contribution < 1.29 is 9.53 Å². The Morgan fingerprint density at radius 1 is 1.32 bits per heavy atom. The van der Waals surface area contributed by atoms with Crippen molar-refractivity contribution in [2.24, 2.45) is 0 Å². The van der Waals surface area contributed by atoms with Crippen LogP contribution >= 0.6 is 0 Å². The zero-order chi connectivity index (χ0) is 13.4. The fourth-order valence-corrected chi connectivity index (χ4v) is 2.20. The molecular weight excluding hydrogens is 242 g/mol. The largest absolute Gasteiger partial charge is 0.462 e. The number of carbonyl (C=O) groups excluding carboxylic acids is 1. The van der Waals surface area contributed by atoms with Gasteiger partial charge >= 0.3 is 5.97 Å². The van der Waals surface area contributed by atoms with Gasteiger partial charge in [0.15, 0.2) is 5.65 Å². The molecule has 0 amide bonds. The molecule has 2 heterocycles. The first-order valence-corrected chi connectivity index (χ1v) is 6.13. The van der Waals surface area contributed by atoms with Gasteiger partial charge in [-0.05, 0) is 19.9 Å². The van der Waals surface area contributed by atoms with Crippen molar-refractivity contribution in [1.29, 1.82) is 0 Å². The summed E-state index contributed by atoms with van der Waals surface area (Å²) in [5.74, 6) is 0.273. The van der Waals surface area contributed by atoms with Gasteiger partial charge in [-0.25, -0.2) is 14.3 Å². The Kier molecular flexibility index (Phi) is 2.67. The summed E-state index contributed by atoms with van der Waals surface area (Å²) in [7, 11) is 0. The summed E-state index contributed by atoms with van der Waals surface area (Å²) in [6.45, 7) is 3.93. The molecule has 19 heavy (non-hydrogen) atoms. The number of carbonyl (C=O) groups is 1. The second-order valence-corrected chi connectivity index (χ2v) is 4.20. The van der Waals surface area contributed by atoms with Crippen LogP contribution in [0.4, 0.5) is 0 Å². The minimum atomic E-state index is -0.360. The molecule has 0 aliphatic heterocycles. The number of hydrogen-bond acceptors (Lipinski definition) is 4. The molecule has 0 N–H and O–H groups in total. The molecule has 0 bridgehead atoms. The van der Waals surface area contributed by atoms with E-state index in [9.17, 15) is 4.79 Å². The molecule has 2 aromatic heterocycles. The normalized spacial score (nSPS) is 11.1. The highest BCUT2D eigenvalue weighted by Gasteiger charge is 2.21. The van der Waals surface area contributed by atoms with Gasteiger partial charge in [-0.2, -0.15) is 5.10 Å². The molecule has 0 aliphatic carbocycles. The van der Waals surface area contributed by atoms with Crippen LogP contribution in [0.15, 0.2) is 30.3 Å². The number of nitrogens with zero attached hydrogens (tertiary/aromatic N) is 3. The number of esters is 1. The van der Waals surface area contributed by atoms with Crippen LogP contribution in [0.3, 0.4) is 0 Å². The number of ether oxygens (including phenoxy) is 1. The molecule has 0 spiro atoms. The van der Waals surface area contributed by atoms with Gasteiger partial charge in [0.25, 0.3) is 0 Å². The van der Waals surface area contributed by atoms with Crippen LogP contribution in [-0.4, -0.2) is 27.2 Å². The second kappa shape index (κ2) is 4.35. The Morgan fingerprint density at radius 2 is 2.11 bits per heavy atom. The minimum absolute atomic E-state index is 0.337. The summed E-state index contributed by atoms with van der Waals surface area (Å²) in [5.41, 5.74) is 1.88. The van der Waals surface area contributed by atoms with Crippen molar-refractivity contribution in [2.75, 3.05) is 6.61 Å². The van der Waals surface area contributed by atoms with Crippen molar-refractivity contribution in [2.45, 2.75) is 13.8 Å². The number of aryl methyl sites for hydroxylation is 1. The van der Waals surface area contributed by atoms with Crippen molar-refractivity contribution >= 4 is 22.5 Å². The molecule has 0 fully saturated rings. The molecule has 5 nitrogen and oxygen atoms in total. The minimum Gasteiger partial charge on any atom is -0.462 e. The van der Waals surface area contributed by atoms with Gasteiger partial charge < -0.3 is 4.74 Å². The monoisotopic (exact) mass is 255 g/mol. The van der Waals surface area contributed by atoms with E-state index in [4.69, 9.17) is 4.74 Å². The summed E-state index contributed by atoms with van der Waals surface area (Å²) in [6.07, 6.45) is 0. The summed E-state index contributed by atoms with van der Waals surface area (Å²) < 4.78 is 6.81. The van der Waals surface area contributed by atoms with E-state index in [1.165, 1.54) is 0 Å². The SMILES string of the molecule is CCOC(=O)c1c2cccccc2n2nc(C)nc12. The second-order valence-electron chi connectivity index (χ2n) is 4.20.